The van der Waals surface area contributed by atoms with Gasteiger partial charge in [-0.1, -0.05) is 0 Å². The van der Waals surface area contributed by atoms with Crippen LogP contribution >= 0.6 is 0 Å². The maximum atomic E-state index is 4.46. The number of hydrogen-bond acceptors (Lipinski definition) is 4. The number of fused-ring (bicyclic) bond motifs is 1. The van der Waals surface area contributed by atoms with Gasteiger partial charge in [0.15, 0.2) is 5.82 Å². The first-order valence-electron chi connectivity index (χ1n) is 6.13. The topological polar surface area (TPSA) is 51.2 Å². The highest BCUT2D eigenvalue weighted by molar-refractivity contribution is 5.68. The van der Waals surface area contributed by atoms with E-state index in [4.69, 9.17) is 0 Å². The molecule has 0 N–H and O–H groups in total. The number of rotatable bonds is 3. The monoisotopic (exact) mass is 256 g/mol. The minimum absolute atomic E-state index is 0.769. The Balaban J connectivity index is 1.94. The fourth-order valence-electron chi connectivity index (χ4n) is 2.23. The molecule has 0 saturated heterocycles. The van der Waals surface area contributed by atoms with Crippen molar-refractivity contribution in [3.05, 3.63) is 42.1 Å². The van der Waals surface area contributed by atoms with E-state index in [0.29, 0.717) is 0 Å². The molecule has 0 fully saturated rings. The average molecular weight is 256 g/mol. The molecule has 98 valence electrons. The highest BCUT2D eigenvalue weighted by Gasteiger charge is 2.10. The molecular formula is C13H16N6. The quantitative estimate of drug-likeness (QED) is 0.711. The maximum Gasteiger partial charge on any atom is 0.154 e. The molecular weight excluding hydrogens is 240 g/mol. The summed E-state index contributed by atoms with van der Waals surface area (Å²) < 4.78 is 3.66. The third-order valence-corrected chi connectivity index (χ3v) is 3.03. The van der Waals surface area contributed by atoms with Gasteiger partial charge in [-0.2, -0.15) is 10.2 Å². The first-order valence-corrected chi connectivity index (χ1v) is 6.13. The van der Waals surface area contributed by atoms with Crippen LogP contribution in [0.15, 0.2) is 30.9 Å². The second kappa shape index (κ2) is 4.38. The number of aryl methyl sites for hydroxylation is 2. The zero-order chi connectivity index (χ0) is 13.4. The van der Waals surface area contributed by atoms with E-state index in [1.165, 1.54) is 0 Å². The van der Waals surface area contributed by atoms with Gasteiger partial charge in [0, 0.05) is 44.8 Å². The molecule has 0 bridgehead atoms. The van der Waals surface area contributed by atoms with Crippen LogP contribution in [0.5, 0.6) is 0 Å². The predicted octanol–water partition coefficient (Wildman–Crippen LogP) is 1.41. The third kappa shape index (κ3) is 2.16. The molecule has 0 aliphatic rings. The molecule has 19 heavy (non-hydrogen) atoms. The summed E-state index contributed by atoms with van der Waals surface area (Å²) in [4.78, 5) is 6.57. The number of hydrogen-bond donors (Lipinski definition) is 0. The Labute approximate surface area is 111 Å². The smallest absolute Gasteiger partial charge is 0.154 e. The summed E-state index contributed by atoms with van der Waals surface area (Å²) in [7, 11) is 3.94. The Morgan fingerprint density at radius 3 is 2.95 bits per heavy atom. The molecule has 0 aliphatic heterocycles. The molecule has 0 amide bonds. The first kappa shape index (κ1) is 11.7. The van der Waals surface area contributed by atoms with E-state index in [1.54, 1.807) is 10.9 Å². The first-order chi connectivity index (χ1) is 9.13. The highest BCUT2D eigenvalue weighted by Crippen LogP contribution is 2.19. The summed E-state index contributed by atoms with van der Waals surface area (Å²) in [5.74, 6) is 0.923. The van der Waals surface area contributed by atoms with Crippen LogP contribution in [0.3, 0.4) is 0 Å². The van der Waals surface area contributed by atoms with Gasteiger partial charge in [-0.3, -0.25) is 4.68 Å². The lowest BCUT2D eigenvalue weighted by Crippen LogP contribution is -2.18. The van der Waals surface area contributed by atoms with Crippen LogP contribution in [0, 0.1) is 6.92 Å². The van der Waals surface area contributed by atoms with Crippen LogP contribution in [0.2, 0.25) is 0 Å². The Kier molecular flexibility index (Phi) is 2.70. The Morgan fingerprint density at radius 1 is 1.37 bits per heavy atom. The molecule has 0 aliphatic carbocycles. The summed E-state index contributed by atoms with van der Waals surface area (Å²) in [5, 5.41) is 8.58. The Morgan fingerprint density at radius 2 is 2.21 bits per heavy atom. The summed E-state index contributed by atoms with van der Waals surface area (Å²) in [6, 6.07) is 2.04. The molecule has 6 nitrogen and oxygen atoms in total. The molecule has 3 aromatic heterocycles. The lowest BCUT2D eigenvalue weighted by molar-refractivity contribution is 0.766. The summed E-state index contributed by atoms with van der Waals surface area (Å²) in [6.45, 7) is 2.75. The second-order valence-corrected chi connectivity index (χ2v) is 4.74. The van der Waals surface area contributed by atoms with E-state index >= 15 is 0 Å². The van der Waals surface area contributed by atoms with Crippen molar-refractivity contribution in [1.82, 2.24) is 24.4 Å². The molecule has 0 saturated carbocycles. The largest absolute Gasteiger partial charge is 0.353 e. The second-order valence-electron chi connectivity index (χ2n) is 4.74. The molecule has 6 heteroatoms. The van der Waals surface area contributed by atoms with Gasteiger partial charge in [-0.25, -0.2) is 9.50 Å². The van der Waals surface area contributed by atoms with Crippen LogP contribution in [0.4, 0.5) is 5.82 Å². The Bertz CT molecular complexity index is 711. The zero-order valence-corrected chi connectivity index (χ0v) is 11.3. The van der Waals surface area contributed by atoms with Gasteiger partial charge in [-0.05, 0) is 13.0 Å². The molecule has 0 spiro atoms. The fraction of sp³-hybridized carbons (Fsp3) is 0.308. The van der Waals surface area contributed by atoms with Gasteiger partial charge in [-0.15, -0.1) is 0 Å². The summed E-state index contributed by atoms with van der Waals surface area (Å²) in [6.07, 6.45) is 7.52. The molecule has 0 atom stereocenters. The van der Waals surface area contributed by atoms with Crippen LogP contribution in [0.1, 0.15) is 11.3 Å². The van der Waals surface area contributed by atoms with Gasteiger partial charge < -0.3 is 4.90 Å². The molecule has 0 unspecified atom stereocenters. The molecule has 0 aromatic carbocycles. The number of anilines is 1. The SMILES string of the molecule is Cc1cc2c(N(C)Cc3cnn(C)c3)nccn2n1. The minimum atomic E-state index is 0.769. The van der Waals surface area contributed by atoms with Crippen molar-refractivity contribution < 1.29 is 0 Å². The lowest BCUT2D eigenvalue weighted by Gasteiger charge is -2.17. The van der Waals surface area contributed by atoms with Crippen molar-refractivity contribution in [3.8, 4) is 0 Å². The number of nitrogens with zero attached hydrogens (tertiary/aromatic N) is 6. The van der Waals surface area contributed by atoms with Crippen molar-refractivity contribution in [2.24, 2.45) is 7.05 Å². The standard InChI is InChI=1S/C13H16N6/c1-10-6-12-13(14-4-5-19(12)16-10)17(2)8-11-7-15-18(3)9-11/h4-7,9H,8H2,1-3H3. The van der Waals surface area contributed by atoms with Crippen LogP contribution in [-0.2, 0) is 13.6 Å². The van der Waals surface area contributed by atoms with E-state index in [1.807, 2.05) is 50.2 Å². The third-order valence-electron chi connectivity index (χ3n) is 3.03. The normalized spacial score (nSPS) is 11.1. The van der Waals surface area contributed by atoms with Gasteiger partial charge in [0.1, 0.15) is 5.52 Å². The van der Waals surface area contributed by atoms with E-state index in [9.17, 15) is 0 Å². The predicted molar refractivity (Wildman–Crippen MR) is 73.0 cm³/mol. The van der Waals surface area contributed by atoms with Crippen molar-refractivity contribution >= 4 is 11.3 Å². The van der Waals surface area contributed by atoms with Crippen LogP contribution < -0.4 is 4.90 Å². The van der Waals surface area contributed by atoms with Crippen molar-refractivity contribution in [2.45, 2.75) is 13.5 Å². The van der Waals surface area contributed by atoms with Gasteiger partial charge in [0.05, 0.1) is 11.9 Å². The van der Waals surface area contributed by atoms with Crippen LogP contribution in [0.25, 0.3) is 5.52 Å². The van der Waals surface area contributed by atoms with Gasteiger partial charge in [0.25, 0.3) is 0 Å². The van der Waals surface area contributed by atoms with Crippen LogP contribution in [-0.4, -0.2) is 31.4 Å². The fourth-order valence-corrected chi connectivity index (χ4v) is 2.23. The Hall–Kier alpha value is -2.37. The van der Waals surface area contributed by atoms with E-state index in [2.05, 4.69) is 20.1 Å². The van der Waals surface area contributed by atoms with Crippen molar-refractivity contribution in [2.75, 3.05) is 11.9 Å². The van der Waals surface area contributed by atoms with Gasteiger partial charge in [0.2, 0.25) is 0 Å². The minimum Gasteiger partial charge on any atom is -0.353 e. The van der Waals surface area contributed by atoms with E-state index < -0.39 is 0 Å². The average Bonchev–Trinajstić information content (AvgIpc) is 2.93. The maximum absolute atomic E-state index is 4.46. The summed E-state index contributed by atoms with van der Waals surface area (Å²) >= 11 is 0. The zero-order valence-electron chi connectivity index (χ0n) is 11.3. The highest BCUT2D eigenvalue weighted by atomic mass is 15.3. The molecule has 3 rings (SSSR count). The van der Waals surface area contributed by atoms with E-state index in [-0.39, 0.29) is 0 Å². The van der Waals surface area contributed by atoms with E-state index in [0.717, 1.165) is 29.1 Å². The molecule has 3 heterocycles. The molecule has 0 radical (unpaired) electrons. The summed E-state index contributed by atoms with van der Waals surface area (Å²) in [5.41, 5.74) is 3.17. The van der Waals surface area contributed by atoms with Crippen molar-refractivity contribution in [1.29, 1.82) is 0 Å². The van der Waals surface area contributed by atoms with Crippen molar-refractivity contribution in [3.63, 3.8) is 0 Å². The molecule has 3 aromatic rings. The number of aromatic nitrogens is 5. The lowest BCUT2D eigenvalue weighted by atomic mass is 10.3. The van der Waals surface area contributed by atoms with Gasteiger partial charge >= 0.3 is 0 Å².